The summed E-state index contributed by atoms with van der Waals surface area (Å²) in [6.45, 7) is 2.03. The summed E-state index contributed by atoms with van der Waals surface area (Å²) >= 11 is 5.80. The maximum Gasteiger partial charge on any atom is 0.0711 e. The molecule has 0 spiro atoms. The van der Waals surface area contributed by atoms with E-state index in [-0.39, 0.29) is 12.0 Å². The van der Waals surface area contributed by atoms with Crippen molar-refractivity contribution in [2.75, 3.05) is 5.88 Å². The molecule has 1 rings (SSSR count). The molecule has 0 amide bonds. The molecular formula is C10H19ClO2. The van der Waals surface area contributed by atoms with Crippen molar-refractivity contribution in [2.24, 2.45) is 5.92 Å². The van der Waals surface area contributed by atoms with E-state index in [4.69, 9.17) is 11.6 Å². The van der Waals surface area contributed by atoms with Gasteiger partial charge in [0.1, 0.15) is 0 Å². The lowest BCUT2D eigenvalue weighted by molar-refractivity contribution is -0.0802. The van der Waals surface area contributed by atoms with Crippen LogP contribution in [0.25, 0.3) is 0 Å². The van der Waals surface area contributed by atoms with Crippen LogP contribution in [0.1, 0.15) is 39.0 Å². The molecule has 0 aliphatic heterocycles. The molecule has 3 heteroatoms. The van der Waals surface area contributed by atoms with Gasteiger partial charge in [-0.3, -0.25) is 0 Å². The number of aliphatic hydroxyl groups excluding tert-OH is 1. The molecule has 13 heavy (non-hydrogen) atoms. The SMILES string of the molecule is CCC(CCl)C1(O)CCCC(O)C1. The number of hydrogen-bond acceptors (Lipinski definition) is 2. The van der Waals surface area contributed by atoms with E-state index in [2.05, 4.69) is 0 Å². The average Bonchev–Trinajstić information content (AvgIpc) is 2.05. The second kappa shape index (κ2) is 4.63. The standard InChI is InChI=1S/C10H19ClO2/c1-2-8(7-11)10(13)5-3-4-9(12)6-10/h8-9,12-13H,2-7H2,1H3. The Kier molecular flexibility index (Phi) is 4.02. The smallest absolute Gasteiger partial charge is 0.0711 e. The van der Waals surface area contributed by atoms with Gasteiger partial charge in [0.05, 0.1) is 11.7 Å². The molecule has 78 valence electrons. The highest BCUT2D eigenvalue weighted by Crippen LogP contribution is 2.36. The van der Waals surface area contributed by atoms with Gasteiger partial charge in [-0.15, -0.1) is 11.6 Å². The fourth-order valence-corrected chi connectivity index (χ4v) is 2.76. The fourth-order valence-electron chi connectivity index (χ4n) is 2.26. The predicted molar refractivity (Wildman–Crippen MR) is 53.9 cm³/mol. The summed E-state index contributed by atoms with van der Waals surface area (Å²) in [5.41, 5.74) is -0.714. The highest BCUT2D eigenvalue weighted by molar-refractivity contribution is 6.18. The van der Waals surface area contributed by atoms with Crippen LogP contribution in [0.4, 0.5) is 0 Å². The first kappa shape index (κ1) is 11.3. The highest BCUT2D eigenvalue weighted by atomic mass is 35.5. The average molecular weight is 207 g/mol. The Hall–Kier alpha value is 0.210. The molecule has 1 aliphatic carbocycles. The van der Waals surface area contributed by atoms with Crippen LogP contribution in [0.15, 0.2) is 0 Å². The van der Waals surface area contributed by atoms with Gasteiger partial charge < -0.3 is 10.2 Å². The first-order chi connectivity index (χ1) is 6.12. The summed E-state index contributed by atoms with van der Waals surface area (Å²) in [4.78, 5) is 0. The third-order valence-corrected chi connectivity index (χ3v) is 3.55. The lowest BCUT2D eigenvalue weighted by Crippen LogP contribution is -2.44. The molecule has 3 unspecified atom stereocenters. The van der Waals surface area contributed by atoms with Gasteiger partial charge in [0.2, 0.25) is 0 Å². The van der Waals surface area contributed by atoms with E-state index >= 15 is 0 Å². The first-order valence-corrected chi connectivity index (χ1v) is 5.62. The Morgan fingerprint density at radius 3 is 2.77 bits per heavy atom. The van der Waals surface area contributed by atoms with E-state index in [1.807, 2.05) is 6.92 Å². The van der Waals surface area contributed by atoms with E-state index in [1.54, 1.807) is 0 Å². The molecule has 1 fully saturated rings. The third kappa shape index (κ3) is 2.58. The Morgan fingerprint density at radius 2 is 2.31 bits per heavy atom. The van der Waals surface area contributed by atoms with Gasteiger partial charge in [-0.25, -0.2) is 0 Å². The molecule has 0 saturated heterocycles. The minimum atomic E-state index is -0.714. The van der Waals surface area contributed by atoms with Gasteiger partial charge in [-0.05, 0) is 25.7 Å². The summed E-state index contributed by atoms with van der Waals surface area (Å²) in [7, 11) is 0. The van der Waals surface area contributed by atoms with Crippen LogP contribution in [0.5, 0.6) is 0 Å². The summed E-state index contributed by atoms with van der Waals surface area (Å²) in [5.74, 6) is 0.615. The number of hydrogen-bond donors (Lipinski definition) is 2. The van der Waals surface area contributed by atoms with Crippen LogP contribution in [-0.2, 0) is 0 Å². The molecule has 2 nitrogen and oxygen atoms in total. The highest BCUT2D eigenvalue weighted by Gasteiger charge is 2.39. The van der Waals surface area contributed by atoms with Gasteiger partial charge in [0.15, 0.2) is 0 Å². The number of alkyl halides is 1. The van der Waals surface area contributed by atoms with Gasteiger partial charge in [0.25, 0.3) is 0 Å². The van der Waals surface area contributed by atoms with Crippen molar-refractivity contribution in [2.45, 2.75) is 50.7 Å². The fraction of sp³-hybridized carbons (Fsp3) is 1.00. The molecule has 0 heterocycles. The van der Waals surface area contributed by atoms with E-state index in [9.17, 15) is 10.2 Å². The van der Waals surface area contributed by atoms with E-state index < -0.39 is 5.60 Å². The Morgan fingerprint density at radius 1 is 1.62 bits per heavy atom. The van der Waals surface area contributed by atoms with Crippen LogP contribution in [0, 0.1) is 5.92 Å². The van der Waals surface area contributed by atoms with Crippen molar-refractivity contribution in [3.63, 3.8) is 0 Å². The Labute approximate surface area is 84.9 Å². The van der Waals surface area contributed by atoms with Gasteiger partial charge in [-0.1, -0.05) is 6.92 Å². The van der Waals surface area contributed by atoms with Crippen molar-refractivity contribution >= 4 is 11.6 Å². The summed E-state index contributed by atoms with van der Waals surface area (Å²) in [6.07, 6.45) is 3.56. The van der Waals surface area contributed by atoms with Gasteiger partial charge in [-0.2, -0.15) is 0 Å². The van der Waals surface area contributed by atoms with Crippen molar-refractivity contribution in [1.82, 2.24) is 0 Å². The molecule has 2 N–H and O–H groups in total. The summed E-state index contributed by atoms with van der Waals surface area (Å²) < 4.78 is 0. The zero-order valence-electron chi connectivity index (χ0n) is 8.17. The second-order valence-electron chi connectivity index (χ2n) is 4.11. The Balaban J connectivity index is 2.61. The molecule has 1 saturated carbocycles. The number of halogens is 1. The normalized spacial score (nSPS) is 37.4. The molecule has 0 aromatic carbocycles. The third-order valence-electron chi connectivity index (χ3n) is 3.18. The zero-order chi connectivity index (χ0) is 9.90. The van der Waals surface area contributed by atoms with Crippen LogP contribution in [-0.4, -0.2) is 27.8 Å². The monoisotopic (exact) mass is 206 g/mol. The van der Waals surface area contributed by atoms with E-state index in [0.29, 0.717) is 12.3 Å². The quantitative estimate of drug-likeness (QED) is 0.693. The molecule has 3 atom stereocenters. The van der Waals surface area contributed by atoms with E-state index in [0.717, 1.165) is 25.7 Å². The first-order valence-electron chi connectivity index (χ1n) is 5.08. The topological polar surface area (TPSA) is 40.5 Å². The Bertz CT molecular complexity index is 159. The van der Waals surface area contributed by atoms with Crippen LogP contribution >= 0.6 is 11.6 Å². The molecular weight excluding hydrogens is 188 g/mol. The van der Waals surface area contributed by atoms with Crippen molar-refractivity contribution in [3.8, 4) is 0 Å². The largest absolute Gasteiger partial charge is 0.393 e. The maximum atomic E-state index is 10.3. The van der Waals surface area contributed by atoms with Crippen LogP contribution < -0.4 is 0 Å². The lowest BCUT2D eigenvalue weighted by atomic mass is 9.74. The summed E-state index contributed by atoms with van der Waals surface area (Å²) in [5, 5.41) is 19.7. The maximum absolute atomic E-state index is 10.3. The molecule has 0 radical (unpaired) electrons. The number of aliphatic hydroxyl groups is 2. The minimum absolute atomic E-state index is 0.129. The summed E-state index contributed by atoms with van der Waals surface area (Å²) in [6, 6.07) is 0. The van der Waals surface area contributed by atoms with Crippen molar-refractivity contribution < 1.29 is 10.2 Å². The minimum Gasteiger partial charge on any atom is -0.393 e. The zero-order valence-corrected chi connectivity index (χ0v) is 8.93. The van der Waals surface area contributed by atoms with Gasteiger partial charge in [0, 0.05) is 18.2 Å². The number of rotatable bonds is 3. The van der Waals surface area contributed by atoms with Crippen molar-refractivity contribution in [3.05, 3.63) is 0 Å². The second-order valence-corrected chi connectivity index (χ2v) is 4.42. The molecule has 1 aliphatic rings. The van der Waals surface area contributed by atoms with E-state index in [1.165, 1.54) is 0 Å². The molecule has 0 aromatic heterocycles. The molecule has 0 aromatic rings. The van der Waals surface area contributed by atoms with Gasteiger partial charge >= 0.3 is 0 Å². The predicted octanol–water partition coefficient (Wildman–Crippen LogP) is 1.92. The van der Waals surface area contributed by atoms with Crippen LogP contribution in [0.2, 0.25) is 0 Å². The molecule has 0 bridgehead atoms. The van der Waals surface area contributed by atoms with Crippen molar-refractivity contribution in [1.29, 1.82) is 0 Å². The lowest BCUT2D eigenvalue weighted by Gasteiger charge is -2.40. The van der Waals surface area contributed by atoms with Crippen LogP contribution in [0.3, 0.4) is 0 Å².